The third kappa shape index (κ3) is 2.33. The van der Waals surface area contributed by atoms with Crippen LogP contribution in [0.2, 0.25) is 0 Å². The molecule has 0 radical (unpaired) electrons. The van der Waals surface area contributed by atoms with Crippen molar-refractivity contribution in [3.63, 3.8) is 0 Å². The van der Waals surface area contributed by atoms with E-state index < -0.39 is 0 Å². The number of carbonyl (C=O) groups is 1. The molecule has 2 aliphatic rings. The first-order chi connectivity index (χ1) is 9.29. The number of carbonyl (C=O) groups excluding carboxylic acids is 1. The molecule has 1 aromatic heterocycles. The molecule has 104 valence electrons. The maximum atomic E-state index is 12.6. The van der Waals surface area contributed by atoms with Crippen molar-refractivity contribution >= 4 is 11.9 Å². The number of nitrogens with zero attached hydrogens (tertiary/aromatic N) is 3. The SMILES string of the molecule is CCC1CCCCN1C(=O)c1cn2c(n1)NCCC2. The molecular weight excluding hydrogens is 240 g/mol. The Labute approximate surface area is 114 Å². The largest absolute Gasteiger partial charge is 0.356 e. The monoisotopic (exact) mass is 262 g/mol. The van der Waals surface area contributed by atoms with E-state index in [0.717, 1.165) is 51.3 Å². The third-order valence-corrected chi connectivity index (χ3v) is 4.21. The summed E-state index contributed by atoms with van der Waals surface area (Å²) < 4.78 is 2.06. The van der Waals surface area contributed by atoms with Gasteiger partial charge in [0, 0.05) is 31.9 Å². The molecule has 1 N–H and O–H groups in total. The predicted molar refractivity (Wildman–Crippen MR) is 74.3 cm³/mol. The smallest absolute Gasteiger partial charge is 0.274 e. The van der Waals surface area contributed by atoms with Gasteiger partial charge in [-0.25, -0.2) is 4.98 Å². The number of amides is 1. The predicted octanol–water partition coefficient (Wildman–Crippen LogP) is 2.10. The summed E-state index contributed by atoms with van der Waals surface area (Å²) >= 11 is 0. The highest BCUT2D eigenvalue weighted by Gasteiger charge is 2.28. The number of likely N-dealkylation sites (tertiary alicyclic amines) is 1. The second kappa shape index (κ2) is 5.23. The molecule has 1 aromatic rings. The van der Waals surface area contributed by atoms with Gasteiger partial charge in [-0.15, -0.1) is 0 Å². The van der Waals surface area contributed by atoms with Gasteiger partial charge in [0.1, 0.15) is 5.69 Å². The zero-order chi connectivity index (χ0) is 13.2. The van der Waals surface area contributed by atoms with Gasteiger partial charge in [0.2, 0.25) is 5.95 Å². The van der Waals surface area contributed by atoms with Gasteiger partial charge in [-0.05, 0) is 32.1 Å². The number of hydrogen-bond donors (Lipinski definition) is 1. The minimum Gasteiger partial charge on any atom is -0.356 e. The second-order valence-electron chi connectivity index (χ2n) is 5.48. The van der Waals surface area contributed by atoms with Crippen molar-refractivity contribution in [1.29, 1.82) is 0 Å². The van der Waals surface area contributed by atoms with Crippen LogP contribution >= 0.6 is 0 Å². The first-order valence-electron chi connectivity index (χ1n) is 7.41. The van der Waals surface area contributed by atoms with Gasteiger partial charge in [-0.1, -0.05) is 6.92 Å². The summed E-state index contributed by atoms with van der Waals surface area (Å²) in [5.41, 5.74) is 0.602. The average molecular weight is 262 g/mol. The van der Waals surface area contributed by atoms with Crippen LogP contribution in [0, 0.1) is 0 Å². The minimum absolute atomic E-state index is 0.107. The number of rotatable bonds is 2. The fourth-order valence-corrected chi connectivity index (χ4v) is 3.12. The Bertz CT molecular complexity index is 445. The van der Waals surface area contributed by atoms with Crippen LogP contribution in [0.15, 0.2) is 6.20 Å². The normalized spacial score (nSPS) is 22.8. The number of nitrogens with one attached hydrogen (secondary N) is 1. The van der Waals surface area contributed by atoms with Crippen molar-refractivity contribution in [2.24, 2.45) is 0 Å². The van der Waals surface area contributed by atoms with Gasteiger partial charge in [0.25, 0.3) is 5.91 Å². The highest BCUT2D eigenvalue weighted by Crippen LogP contribution is 2.23. The van der Waals surface area contributed by atoms with E-state index in [9.17, 15) is 4.79 Å². The van der Waals surface area contributed by atoms with Crippen LogP contribution in [0.3, 0.4) is 0 Å². The molecule has 1 unspecified atom stereocenters. The van der Waals surface area contributed by atoms with Crippen molar-refractivity contribution in [3.05, 3.63) is 11.9 Å². The van der Waals surface area contributed by atoms with Gasteiger partial charge in [0.15, 0.2) is 0 Å². The maximum absolute atomic E-state index is 12.6. The van der Waals surface area contributed by atoms with Gasteiger partial charge in [0.05, 0.1) is 0 Å². The van der Waals surface area contributed by atoms with Crippen LogP contribution in [-0.4, -0.2) is 39.5 Å². The fraction of sp³-hybridized carbons (Fsp3) is 0.714. The van der Waals surface area contributed by atoms with Crippen LogP contribution in [-0.2, 0) is 6.54 Å². The highest BCUT2D eigenvalue weighted by atomic mass is 16.2. The quantitative estimate of drug-likeness (QED) is 0.888. The van der Waals surface area contributed by atoms with E-state index in [1.807, 2.05) is 11.1 Å². The van der Waals surface area contributed by atoms with Crippen molar-refractivity contribution in [2.75, 3.05) is 18.4 Å². The molecule has 2 aliphatic heterocycles. The Hall–Kier alpha value is -1.52. The van der Waals surface area contributed by atoms with Crippen molar-refractivity contribution < 1.29 is 4.79 Å². The zero-order valence-electron chi connectivity index (χ0n) is 11.6. The number of hydrogen-bond acceptors (Lipinski definition) is 3. The molecule has 1 amide bonds. The summed E-state index contributed by atoms with van der Waals surface area (Å²) in [6.45, 7) is 4.95. The van der Waals surface area contributed by atoms with Gasteiger partial charge < -0.3 is 14.8 Å². The Morgan fingerprint density at radius 2 is 2.32 bits per heavy atom. The topological polar surface area (TPSA) is 50.2 Å². The molecule has 3 rings (SSSR count). The van der Waals surface area contributed by atoms with E-state index in [2.05, 4.69) is 21.8 Å². The van der Waals surface area contributed by atoms with E-state index in [4.69, 9.17) is 0 Å². The molecule has 5 heteroatoms. The average Bonchev–Trinajstić information content (AvgIpc) is 2.90. The highest BCUT2D eigenvalue weighted by molar-refractivity contribution is 5.93. The lowest BCUT2D eigenvalue weighted by Gasteiger charge is -2.34. The summed E-state index contributed by atoms with van der Waals surface area (Å²) in [5.74, 6) is 0.954. The van der Waals surface area contributed by atoms with Gasteiger partial charge in [-0.3, -0.25) is 4.79 Å². The number of anilines is 1. The Balaban J connectivity index is 1.80. The Morgan fingerprint density at radius 3 is 3.11 bits per heavy atom. The maximum Gasteiger partial charge on any atom is 0.274 e. The molecule has 0 spiro atoms. The van der Waals surface area contributed by atoms with Crippen LogP contribution in [0.4, 0.5) is 5.95 Å². The van der Waals surface area contributed by atoms with E-state index in [1.54, 1.807) is 0 Å². The molecule has 0 aliphatic carbocycles. The lowest BCUT2D eigenvalue weighted by molar-refractivity contribution is 0.0602. The van der Waals surface area contributed by atoms with Crippen molar-refractivity contribution in [2.45, 2.75) is 51.6 Å². The Morgan fingerprint density at radius 1 is 1.42 bits per heavy atom. The van der Waals surface area contributed by atoms with Crippen LogP contribution in [0.5, 0.6) is 0 Å². The Kier molecular flexibility index (Phi) is 3.44. The van der Waals surface area contributed by atoms with Crippen molar-refractivity contribution in [3.8, 4) is 0 Å². The first kappa shape index (κ1) is 12.5. The molecule has 1 fully saturated rings. The molecule has 3 heterocycles. The van der Waals surface area contributed by atoms with E-state index in [1.165, 1.54) is 6.42 Å². The summed E-state index contributed by atoms with van der Waals surface area (Å²) in [6, 6.07) is 0.396. The van der Waals surface area contributed by atoms with Crippen molar-refractivity contribution in [1.82, 2.24) is 14.5 Å². The molecule has 19 heavy (non-hydrogen) atoms. The van der Waals surface area contributed by atoms with Crippen LogP contribution < -0.4 is 5.32 Å². The number of fused-ring (bicyclic) bond motifs is 1. The van der Waals surface area contributed by atoms with Gasteiger partial charge in [-0.2, -0.15) is 0 Å². The molecule has 0 aromatic carbocycles. The zero-order valence-corrected chi connectivity index (χ0v) is 11.6. The van der Waals surface area contributed by atoms with E-state index >= 15 is 0 Å². The number of aromatic nitrogens is 2. The first-order valence-corrected chi connectivity index (χ1v) is 7.41. The lowest BCUT2D eigenvalue weighted by Crippen LogP contribution is -2.43. The summed E-state index contributed by atoms with van der Waals surface area (Å²) in [7, 11) is 0. The van der Waals surface area contributed by atoms with E-state index in [0.29, 0.717) is 11.7 Å². The molecule has 5 nitrogen and oxygen atoms in total. The summed E-state index contributed by atoms with van der Waals surface area (Å²) in [5, 5.41) is 3.25. The molecular formula is C14H22N4O. The summed E-state index contributed by atoms with van der Waals surface area (Å²) in [6.07, 6.45) is 7.53. The van der Waals surface area contributed by atoms with Gasteiger partial charge >= 0.3 is 0 Å². The fourth-order valence-electron chi connectivity index (χ4n) is 3.12. The van der Waals surface area contributed by atoms with Crippen LogP contribution in [0.25, 0.3) is 0 Å². The number of aryl methyl sites for hydroxylation is 1. The number of piperidine rings is 1. The van der Waals surface area contributed by atoms with Crippen LogP contribution in [0.1, 0.15) is 49.5 Å². The van der Waals surface area contributed by atoms with E-state index in [-0.39, 0.29) is 5.91 Å². The summed E-state index contributed by atoms with van der Waals surface area (Å²) in [4.78, 5) is 19.1. The lowest BCUT2D eigenvalue weighted by atomic mass is 10.00. The standard InChI is InChI=1S/C14H22N4O/c1-2-11-6-3-4-9-18(11)13(19)12-10-17-8-5-7-15-14(17)16-12/h10-11H,2-9H2,1H3,(H,15,16). The second-order valence-corrected chi connectivity index (χ2v) is 5.48. The number of imidazole rings is 1. The molecule has 1 atom stereocenters. The molecule has 0 saturated carbocycles. The molecule has 0 bridgehead atoms. The minimum atomic E-state index is 0.107. The third-order valence-electron chi connectivity index (χ3n) is 4.21. The molecule has 1 saturated heterocycles.